The van der Waals surface area contributed by atoms with E-state index < -0.39 is 0 Å². The van der Waals surface area contributed by atoms with Crippen LogP contribution in [0, 0.1) is 5.82 Å². The molecule has 1 aromatic carbocycles. The quantitative estimate of drug-likeness (QED) is 0.912. The van der Waals surface area contributed by atoms with Gasteiger partial charge in [-0.2, -0.15) is 0 Å². The third-order valence-corrected chi connectivity index (χ3v) is 3.85. The predicted molar refractivity (Wildman–Crippen MR) is 79.3 cm³/mol. The number of rotatable bonds is 3. The highest BCUT2D eigenvalue weighted by Gasteiger charge is 2.09. The lowest BCUT2D eigenvalue weighted by Crippen LogP contribution is -2.40. The zero-order chi connectivity index (χ0) is 13.8. The summed E-state index contributed by atoms with van der Waals surface area (Å²) >= 11 is 1.52. The number of hydrogen-bond acceptors (Lipinski definition) is 5. The number of thiazole rings is 1. The Morgan fingerprint density at radius 3 is 3.05 bits per heavy atom. The minimum atomic E-state index is -0.240. The molecule has 3 rings (SSSR count). The molecule has 0 aliphatic carbocycles. The predicted octanol–water partition coefficient (Wildman–Crippen LogP) is 2.39. The molecule has 0 fully saturated rings. The Labute approximate surface area is 120 Å². The van der Waals surface area contributed by atoms with E-state index >= 15 is 0 Å². The first-order chi connectivity index (χ1) is 9.83. The summed E-state index contributed by atoms with van der Waals surface area (Å²) in [6.07, 6.45) is 1.07. The standard InChI is InChI=1S/C14H15FN4S/c15-11-5-2-1-4-10(11)12-9-20-13(19-12)8-18-14-16-6-3-7-17-14/h1-2,4-5,9H,3,6-8H2,(H2,16,17,18). The van der Waals surface area contributed by atoms with Crippen molar-refractivity contribution in [2.24, 2.45) is 4.99 Å². The first kappa shape index (κ1) is 13.1. The Kier molecular flexibility index (Phi) is 3.92. The summed E-state index contributed by atoms with van der Waals surface area (Å²) < 4.78 is 13.7. The Hall–Kier alpha value is -1.95. The molecule has 6 heteroatoms. The van der Waals surface area contributed by atoms with E-state index in [0.717, 1.165) is 30.5 Å². The van der Waals surface area contributed by atoms with Crippen molar-refractivity contribution in [3.63, 3.8) is 0 Å². The highest BCUT2D eigenvalue weighted by atomic mass is 32.1. The summed E-state index contributed by atoms with van der Waals surface area (Å²) in [5.41, 5.74) is 1.23. The molecule has 0 saturated heterocycles. The van der Waals surface area contributed by atoms with Gasteiger partial charge < -0.3 is 10.6 Å². The van der Waals surface area contributed by atoms with Gasteiger partial charge in [-0.3, -0.25) is 4.99 Å². The van der Waals surface area contributed by atoms with Gasteiger partial charge in [0.25, 0.3) is 0 Å². The third kappa shape index (κ3) is 2.96. The molecule has 0 atom stereocenters. The molecular formula is C14H15FN4S. The van der Waals surface area contributed by atoms with E-state index in [2.05, 4.69) is 20.6 Å². The maximum Gasteiger partial charge on any atom is 0.191 e. The summed E-state index contributed by atoms with van der Waals surface area (Å²) in [7, 11) is 0. The SMILES string of the molecule is Fc1ccccc1-c1csc(CNC2=NCCCN2)n1. The van der Waals surface area contributed by atoms with Crippen LogP contribution in [0.1, 0.15) is 11.4 Å². The number of aliphatic imine (C=N–C) groups is 1. The molecule has 104 valence electrons. The van der Waals surface area contributed by atoms with Crippen molar-refractivity contribution in [1.29, 1.82) is 0 Å². The van der Waals surface area contributed by atoms with E-state index in [4.69, 9.17) is 0 Å². The summed E-state index contributed by atoms with van der Waals surface area (Å²) in [6, 6.07) is 6.69. The van der Waals surface area contributed by atoms with E-state index in [1.807, 2.05) is 11.4 Å². The van der Waals surface area contributed by atoms with Gasteiger partial charge in [0, 0.05) is 24.0 Å². The van der Waals surface area contributed by atoms with Crippen molar-refractivity contribution in [2.45, 2.75) is 13.0 Å². The number of nitrogens with zero attached hydrogens (tertiary/aromatic N) is 2. The largest absolute Gasteiger partial charge is 0.356 e. The van der Waals surface area contributed by atoms with Gasteiger partial charge in [0.05, 0.1) is 12.2 Å². The monoisotopic (exact) mass is 290 g/mol. The lowest BCUT2D eigenvalue weighted by Gasteiger charge is -2.14. The summed E-state index contributed by atoms with van der Waals surface area (Å²) in [6.45, 7) is 2.41. The number of benzene rings is 1. The molecule has 1 aromatic heterocycles. The normalized spacial score (nSPS) is 14.6. The summed E-state index contributed by atoms with van der Waals surface area (Å²) in [5, 5.41) is 9.20. The van der Waals surface area contributed by atoms with Gasteiger partial charge in [-0.05, 0) is 18.6 Å². The Morgan fingerprint density at radius 2 is 2.25 bits per heavy atom. The highest BCUT2D eigenvalue weighted by molar-refractivity contribution is 7.09. The van der Waals surface area contributed by atoms with Crippen LogP contribution >= 0.6 is 11.3 Å². The molecule has 4 nitrogen and oxygen atoms in total. The van der Waals surface area contributed by atoms with Gasteiger partial charge >= 0.3 is 0 Å². The third-order valence-electron chi connectivity index (χ3n) is 3.01. The van der Waals surface area contributed by atoms with Gasteiger partial charge in [0.15, 0.2) is 5.96 Å². The van der Waals surface area contributed by atoms with E-state index in [1.165, 1.54) is 17.4 Å². The second kappa shape index (κ2) is 6.00. The van der Waals surface area contributed by atoms with Crippen LogP contribution in [0.25, 0.3) is 11.3 Å². The maximum atomic E-state index is 13.7. The van der Waals surface area contributed by atoms with E-state index in [0.29, 0.717) is 17.8 Å². The summed E-state index contributed by atoms with van der Waals surface area (Å²) in [5.74, 6) is 0.578. The maximum absolute atomic E-state index is 13.7. The van der Waals surface area contributed by atoms with Gasteiger partial charge in [0.2, 0.25) is 0 Å². The van der Waals surface area contributed by atoms with E-state index in [-0.39, 0.29) is 5.82 Å². The highest BCUT2D eigenvalue weighted by Crippen LogP contribution is 2.24. The fraction of sp³-hybridized carbons (Fsp3) is 0.286. The van der Waals surface area contributed by atoms with Crippen LogP contribution in [-0.4, -0.2) is 24.0 Å². The van der Waals surface area contributed by atoms with Crippen LogP contribution in [0.5, 0.6) is 0 Å². The van der Waals surface area contributed by atoms with Gasteiger partial charge in [-0.1, -0.05) is 12.1 Å². The number of halogens is 1. The molecule has 0 saturated carbocycles. The minimum Gasteiger partial charge on any atom is -0.356 e. The molecule has 2 heterocycles. The molecule has 20 heavy (non-hydrogen) atoms. The van der Waals surface area contributed by atoms with Crippen LogP contribution in [0.2, 0.25) is 0 Å². The zero-order valence-corrected chi connectivity index (χ0v) is 11.7. The molecule has 0 radical (unpaired) electrons. The first-order valence-corrected chi connectivity index (χ1v) is 7.42. The number of guanidine groups is 1. The number of hydrogen-bond donors (Lipinski definition) is 2. The number of aromatic nitrogens is 1. The Morgan fingerprint density at radius 1 is 1.35 bits per heavy atom. The molecule has 2 aromatic rings. The minimum absolute atomic E-state index is 0.240. The molecule has 1 aliphatic heterocycles. The van der Waals surface area contributed by atoms with E-state index in [9.17, 15) is 4.39 Å². The fourth-order valence-electron chi connectivity index (χ4n) is 2.00. The zero-order valence-electron chi connectivity index (χ0n) is 10.9. The van der Waals surface area contributed by atoms with Crippen molar-refractivity contribution in [3.05, 3.63) is 40.5 Å². The first-order valence-electron chi connectivity index (χ1n) is 6.54. The fourth-order valence-corrected chi connectivity index (χ4v) is 2.73. The molecule has 0 bridgehead atoms. The number of nitrogens with one attached hydrogen (secondary N) is 2. The van der Waals surface area contributed by atoms with Gasteiger partial charge in [-0.25, -0.2) is 9.37 Å². The Bertz CT molecular complexity index is 623. The topological polar surface area (TPSA) is 49.3 Å². The molecular weight excluding hydrogens is 275 g/mol. The Balaban J connectivity index is 1.68. The van der Waals surface area contributed by atoms with Crippen molar-refractivity contribution >= 4 is 17.3 Å². The van der Waals surface area contributed by atoms with Crippen molar-refractivity contribution in [3.8, 4) is 11.3 Å². The smallest absolute Gasteiger partial charge is 0.191 e. The summed E-state index contributed by atoms with van der Waals surface area (Å²) in [4.78, 5) is 8.79. The molecule has 0 spiro atoms. The molecule has 0 unspecified atom stereocenters. The average molecular weight is 290 g/mol. The van der Waals surface area contributed by atoms with Crippen LogP contribution in [0.15, 0.2) is 34.6 Å². The molecule has 1 aliphatic rings. The van der Waals surface area contributed by atoms with Crippen LogP contribution in [-0.2, 0) is 6.54 Å². The second-order valence-electron chi connectivity index (χ2n) is 4.47. The van der Waals surface area contributed by atoms with Crippen molar-refractivity contribution < 1.29 is 4.39 Å². The van der Waals surface area contributed by atoms with Crippen molar-refractivity contribution in [2.75, 3.05) is 13.1 Å². The second-order valence-corrected chi connectivity index (χ2v) is 5.41. The lowest BCUT2D eigenvalue weighted by atomic mass is 10.2. The average Bonchev–Trinajstić information content (AvgIpc) is 2.95. The lowest BCUT2D eigenvalue weighted by molar-refractivity contribution is 0.630. The van der Waals surface area contributed by atoms with Gasteiger partial charge in [0.1, 0.15) is 10.8 Å². The van der Waals surface area contributed by atoms with Crippen LogP contribution in [0.3, 0.4) is 0 Å². The molecule has 2 N–H and O–H groups in total. The van der Waals surface area contributed by atoms with Crippen LogP contribution < -0.4 is 10.6 Å². The molecule has 0 amide bonds. The van der Waals surface area contributed by atoms with Crippen molar-refractivity contribution in [1.82, 2.24) is 15.6 Å². The van der Waals surface area contributed by atoms with Gasteiger partial charge in [-0.15, -0.1) is 11.3 Å². The van der Waals surface area contributed by atoms with E-state index in [1.54, 1.807) is 12.1 Å². The van der Waals surface area contributed by atoms with Crippen LogP contribution in [0.4, 0.5) is 4.39 Å².